The van der Waals surface area contributed by atoms with Crippen molar-refractivity contribution >= 4 is 27.5 Å². The minimum atomic E-state index is 0.0595. The third-order valence-corrected chi connectivity index (χ3v) is 4.32. The summed E-state index contributed by atoms with van der Waals surface area (Å²) in [5, 5.41) is 0.0595. The van der Waals surface area contributed by atoms with Crippen LogP contribution in [0.2, 0.25) is 0 Å². The number of aryl methyl sites for hydroxylation is 2. The molecule has 0 radical (unpaired) electrons. The number of hydrogen-bond donors (Lipinski definition) is 0. The molecule has 1 atom stereocenters. The lowest BCUT2D eigenvalue weighted by Gasteiger charge is -2.27. The third kappa shape index (κ3) is 2.98. The quantitative estimate of drug-likeness (QED) is 0.608. The van der Waals surface area contributed by atoms with Crippen molar-refractivity contribution in [3.05, 3.63) is 33.3 Å². The van der Waals surface area contributed by atoms with E-state index in [-0.39, 0.29) is 10.8 Å². The zero-order valence-corrected chi connectivity index (χ0v) is 12.3. The third-order valence-electron chi connectivity index (χ3n) is 2.58. The molecule has 0 aliphatic rings. The smallest absolute Gasteiger partial charge is 0.0636 e. The molecule has 0 aromatic heterocycles. The summed E-state index contributed by atoms with van der Waals surface area (Å²) in [7, 11) is 0. The molecule has 84 valence electrons. The predicted octanol–water partition coefficient (Wildman–Crippen LogP) is 5.39. The zero-order valence-electron chi connectivity index (χ0n) is 9.99. The Kier molecular flexibility index (Phi) is 3.89. The van der Waals surface area contributed by atoms with Gasteiger partial charge >= 0.3 is 0 Å². The van der Waals surface area contributed by atoms with Gasteiger partial charge in [0, 0.05) is 4.47 Å². The van der Waals surface area contributed by atoms with E-state index < -0.39 is 0 Å². The normalized spacial score (nSPS) is 14.1. The zero-order chi connectivity index (χ0) is 11.8. The van der Waals surface area contributed by atoms with E-state index in [9.17, 15) is 0 Å². The van der Waals surface area contributed by atoms with Gasteiger partial charge in [0.25, 0.3) is 0 Å². The summed E-state index contributed by atoms with van der Waals surface area (Å²) in [4.78, 5) is 0. The van der Waals surface area contributed by atoms with Crippen molar-refractivity contribution in [1.82, 2.24) is 0 Å². The van der Waals surface area contributed by atoms with Gasteiger partial charge < -0.3 is 0 Å². The van der Waals surface area contributed by atoms with Crippen LogP contribution in [0.15, 0.2) is 16.6 Å². The van der Waals surface area contributed by atoms with Crippen LogP contribution in [0.4, 0.5) is 0 Å². The fourth-order valence-electron chi connectivity index (χ4n) is 1.54. The Labute approximate surface area is 106 Å². The van der Waals surface area contributed by atoms with Crippen molar-refractivity contribution in [2.75, 3.05) is 0 Å². The highest BCUT2D eigenvalue weighted by Crippen LogP contribution is 2.40. The molecule has 0 bridgehead atoms. The summed E-state index contributed by atoms with van der Waals surface area (Å²) in [5.41, 5.74) is 3.82. The van der Waals surface area contributed by atoms with Crippen molar-refractivity contribution in [1.29, 1.82) is 0 Å². The first kappa shape index (κ1) is 13.1. The number of benzene rings is 1. The summed E-state index contributed by atoms with van der Waals surface area (Å²) in [5.74, 6) is 0. The average molecular weight is 290 g/mol. The first-order valence-corrected chi connectivity index (χ1v) is 6.37. The molecule has 1 aromatic rings. The Bertz CT molecular complexity index is 364. The van der Waals surface area contributed by atoms with Gasteiger partial charge in [0.05, 0.1) is 5.38 Å². The van der Waals surface area contributed by atoms with Crippen molar-refractivity contribution < 1.29 is 0 Å². The van der Waals surface area contributed by atoms with Gasteiger partial charge in [-0.25, -0.2) is 0 Å². The molecular formula is C13H18BrCl. The monoisotopic (exact) mass is 288 g/mol. The fourth-order valence-corrected chi connectivity index (χ4v) is 2.24. The number of rotatable bonds is 1. The Hall–Kier alpha value is -0.0100. The van der Waals surface area contributed by atoms with Gasteiger partial charge in [-0.05, 0) is 42.0 Å². The first-order chi connectivity index (χ1) is 6.73. The van der Waals surface area contributed by atoms with Crippen molar-refractivity contribution in [2.45, 2.75) is 40.0 Å². The standard InChI is InChI=1S/C13H18BrCl/c1-8-7-11(14)9(2)6-10(8)12(15)13(3,4)5/h6-7,12H,1-5H3. The Balaban J connectivity index is 3.21. The largest absolute Gasteiger partial charge is 0.117 e. The van der Waals surface area contributed by atoms with Crippen LogP contribution in [-0.2, 0) is 0 Å². The van der Waals surface area contributed by atoms with Gasteiger partial charge in [-0.3, -0.25) is 0 Å². The molecule has 0 heterocycles. The lowest BCUT2D eigenvalue weighted by Crippen LogP contribution is -2.14. The molecule has 0 aliphatic heterocycles. The molecule has 1 aromatic carbocycles. The maximum Gasteiger partial charge on any atom is 0.0636 e. The van der Waals surface area contributed by atoms with E-state index >= 15 is 0 Å². The summed E-state index contributed by atoms with van der Waals surface area (Å²) < 4.78 is 1.15. The van der Waals surface area contributed by atoms with Crippen LogP contribution in [0.3, 0.4) is 0 Å². The van der Waals surface area contributed by atoms with Crippen LogP contribution in [0.1, 0.15) is 42.8 Å². The van der Waals surface area contributed by atoms with Gasteiger partial charge in [0.2, 0.25) is 0 Å². The molecular weight excluding hydrogens is 272 g/mol. The molecule has 1 rings (SSSR count). The van der Waals surface area contributed by atoms with Crippen molar-refractivity contribution in [3.8, 4) is 0 Å². The lowest BCUT2D eigenvalue weighted by molar-refractivity contribution is 0.395. The highest BCUT2D eigenvalue weighted by atomic mass is 79.9. The molecule has 1 unspecified atom stereocenters. The molecule has 0 fully saturated rings. The number of alkyl halides is 1. The molecule has 0 saturated carbocycles. The van der Waals surface area contributed by atoms with E-state index in [1.165, 1.54) is 16.7 Å². The van der Waals surface area contributed by atoms with Gasteiger partial charge in [-0.15, -0.1) is 11.6 Å². The second-order valence-corrected chi connectivity index (χ2v) is 6.48. The molecule has 0 nitrogen and oxygen atoms in total. The average Bonchev–Trinajstić information content (AvgIpc) is 2.08. The molecule has 2 heteroatoms. The van der Waals surface area contributed by atoms with E-state index in [1.807, 2.05) is 0 Å². The van der Waals surface area contributed by atoms with Crippen LogP contribution in [-0.4, -0.2) is 0 Å². The Morgan fingerprint density at radius 1 is 1.13 bits per heavy atom. The minimum absolute atomic E-state index is 0.0595. The second-order valence-electron chi connectivity index (χ2n) is 5.19. The van der Waals surface area contributed by atoms with Crippen LogP contribution in [0.25, 0.3) is 0 Å². The predicted molar refractivity (Wildman–Crippen MR) is 71.7 cm³/mol. The van der Waals surface area contributed by atoms with Crippen LogP contribution >= 0.6 is 27.5 Å². The van der Waals surface area contributed by atoms with E-state index in [2.05, 4.69) is 62.7 Å². The lowest BCUT2D eigenvalue weighted by atomic mass is 9.85. The van der Waals surface area contributed by atoms with E-state index in [0.29, 0.717) is 0 Å². The summed E-state index contributed by atoms with van der Waals surface area (Å²) in [6.45, 7) is 10.7. The summed E-state index contributed by atoms with van der Waals surface area (Å²) in [6, 6.07) is 4.33. The van der Waals surface area contributed by atoms with Crippen LogP contribution in [0, 0.1) is 19.3 Å². The maximum atomic E-state index is 6.50. The molecule has 15 heavy (non-hydrogen) atoms. The van der Waals surface area contributed by atoms with Gasteiger partial charge in [0.15, 0.2) is 0 Å². The Morgan fingerprint density at radius 2 is 1.67 bits per heavy atom. The van der Waals surface area contributed by atoms with Gasteiger partial charge in [0.1, 0.15) is 0 Å². The molecule has 0 amide bonds. The van der Waals surface area contributed by atoms with E-state index in [1.54, 1.807) is 0 Å². The second kappa shape index (κ2) is 4.47. The summed E-state index contributed by atoms with van der Waals surface area (Å²) >= 11 is 10.0. The van der Waals surface area contributed by atoms with Crippen molar-refractivity contribution in [2.24, 2.45) is 5.41 Å². The highest BCUT2D eigenvalue weighted by molar-refractivity contribution is 9.10. The van der Waals surface area contributed by atoms with Gasteiger partial charge in [-0.1, -0.05) is 42.8 Å². The van der Waals surface area contributed by atoms with Crippen LogP contribution < -0.4 is 0 Å². The molecule has 0 spiro atoms. The summed E-state index contributed by atoms with van der Waals surface area (Å²) in [6.07, 6.45) is 0. The van der Waals surface area contributed by atoms with E-state index in [0.717, 1.165) is 4.47 Å². The molecule has 0 N–H and O–H groups in total. The fraction of sp³-hybridized carbons (Fsp3) is 0.538. The first-order valence-electron chi connectivity index (χ1n) is 5.14. The molecule has 0 saturated heterocycles. The minimum Gasteiger partial charge on any atom is -0.117 e. The number of hydrogen-bond acceptors (Lipinski definition) is 0. The SMILES string of the molecule is Cc1cc(C(Cl)C(C)(C)C)c(C)cc1Br. The molecule has 0 aliphatic carbocycles. The van der Waals surface area contributed by atoms with Crippen LogP contribution in [0.5, 0.6) is 0 Å². The van der Waals surface area contributed by atoms with Crippen molar-refractivity contribution in [3.63, 3.8) is 0 Å². The van der Waals surface area contributed by atoms with Gasteiger partial charge in [-0.2, -0.15) is 0 Å². The Morgan fingerprint density at radius 3 is 2.13 bits per heavy atom. The topological polar surface area (TPSA) is 0 Å². The van der Waals surface area contributed by atoms with E-state index in [4.69, 9.17) is 11.6 Å². The number of halogens is 2. The maximum absolute atomic E-state index is 6.50. The highest BCUT2D eigenvalue weighted by Gasteiger charge is 2.25.